The van der Waals surface area contributed by atoms with Crippen molar-refractivity contribution < 1.29 is 9.59 Å². The summed E-state index contributed by atoms with van der Waals surface area (Å²) in [6, 6.07) is 16.8. The molecule has 2 rings (SSSR count). The fourth-order valence-electron chi connectivity index (χ4n) is 2.57. The van der Waals surface area contributed by atoms with Gasteiger partial charge in [-0.2, -0.15) is 0 Å². The molecule has 0 saturated carbocycles. The molecule has 0 unspecified atom stereocenters. The van der Waals surface area contributed by atoms with Crippen LogP contribution in [-0.2, 0) is 9.59 Å². The summed E-state index contributed by atoms with van der Waals surface area (Å²) < 4.78 is 0.958. The highest BCUT2D eigenvalue weighted by Gasteiger charge is 2.19. The SMILES string of the molecule is CC(=O)N[C@H](CC(=O)N[C@@H](C)c1ccccc1Br)c1ccccc1. The Hall–Kier alpha value is -2.14. The molecule has 2 atom stereocenters. The van der Waals surface area contributed by atoms with E-state index in [9.17, 15) is 9.59 Å². The number of carbonyl (C=O) groups is 2. The average molecular weight is 389 g/mol. The van der Waals surface area contributed by atoms with Gasteiger partial charge in [-0.1, -0.05) is 64.5 Å². The van der Waals surface area contributed by atoms with E-state index in [0.717, 1.165) is 15.6 Å². The molecule has 0 aliphatic carbocycles. The van der Waals surface area contributed by atoms with Crippen molar-refractivity contribution in [2.75, 3.05) is 0 Å². The molecule has 0 heterocycles. The standard InChI is InChI=1S/C19H21BrN2O2/c1-13(16-10-6-7-11-17(16)20)21-19(24)12-18(22-14(2)23)15-8-4-3-5-9-15/h3-11,13,18H,12H2,1-2H3,(H,21,24)(H,22,23)/t13-,18+/m0/s1. The Morgan fingerprint density at radius 1 is 1.00 bits per heavy atom. The van der Waals surface area contributed by atoms with E-state index in [2.05, 4.69) is 26.6 Å². The molecule has 4 nitrogen and oxygen atoms in total. The lowest BCUT2D eigenvalue weighted by atomic mass is 10.0. The molecule has 2 aromatic rings. The molecule has 0 spiro atoms. The Balaban J connectivity index is 2.05. The number of carbonyl (C=O) groups excluding carboxylic acids is 2. The number of amides is 2. The molecule has 0 aromatic heterocycles. The Morgan fingerprint density at radius 2 is 1.62 bits per heavy atom. The molecule has 0 saturated heterocycles. The molecule has 5 heteroatoms. The lowest BCUT2D eigenvalue weighted by Gasteiger charge is -2.20. The highest BCUT2D eigenvalue weighted by molar-refractivity contribution is 9.10. The van der Waals surface area contributed by atoms with E-state index in [1.54, 1.807) is 0 Å². The number of rotatable bonds is 6. The molecule has 2 aromatic carbocycles. The quantitative estimate of drug-likeness (QED) is 0.788. The molecular formula is C19H21BrN2O2. The lowest BCUT2D eigenvalue weighted by Crippen LogP contribution is -2.33. The second-order valence-corrected chi connectivity index (χ2v) is 6.53. The van der Waals surface area contributed by atoms with Crippen molar-refractivity contribution >= 4 is 27.7 Å². The molecule has 2 amide bonds. The first-order valence-electron chi connectivity index (χ1n) is 7.83. The molecule has 0 bridgehead atoms. The third-order valence-electron chi connectivity index (χ3n) is 3.72. The molecule has 0 radical (unpaired) electrons. The van der Waals surface area contributed by atoms with Crippen LogP contribution in [0.2, 0.25) is 0 Å². The fraction of sp³-hybridized carbons (Fsp3) is 0.263. The first-order valence-corrected chi connectivity index (χ1v) is 8.62. The second-order valence-electron chi connectivity index (χ2n) is 5.68. The van der Waals surface area contributed by atoms with Gasteiger partial charge >= 0.3 is 0 Å². The molecule has 0 aliphatic heterocycles. The molecule has 126 valence electrons. The van der Waals surface area contributed by atoms with Gasteiger partial charge in [0.15, 0.2) is 0 Å². The van der Waals surface area contributed by atoms with Crippen molar-refractivity contribution in [1.82, 2.24) is 10.6 Å². The second kappa shape index (κ2) is 8.64. The average Bonchev–Trinajstić information content (AvgIpc) is 2.55. The zero-order valence-electron chi connectivity index (χ0n) is 13.8. The summed E-state index contributed by atoms with van der Waals surface area (Å²) in [6.07, 6.45) is 0.193. The Bertz CT molecular complexity index is 704. The van der Waals surface area contributed by atoms with Crippen LogP contribution in [0.3, 0.4) is 0 Å². The van der Waals surface area contributed by atoms with Crippen LogP contribution in [0.4, 0.5) is 0 Å². The maximum Gasteiger partial charge on any atom is 0.222 e. The van der Waals surface area contributed by atoms with E-state index in [1.807, 2.05) is 61.5 Å². The maximum absolute atomic E-state index is 12.4. The number of nitrogens with one attached hydrogen (secondary N) is 2. The Kier molecular flexibility index (Phi) is 6.55. The van der Waals surface area contributed by atoms with Gasteiger partial charge in [0, 0.05) is 11.4 Å². The topological polar surface area (TPSA) is 58.2 Å². The summed E-state index contributed by atoms with van der Waals surface area (Å²) >= 11 is 3.50. The summed E-state index contributed by atoms with van der Waals surface area (Å²) in [5.74, 6) is -0.267. The van der Waals surface area contributed by atoms with Gasteiger partial charge in [0.05, 0.1) is 18.5 Å². The lowest BCUT2D eigenvalue weighted by molar-refractivity contribution is -0.123. The molecule has 0 fully saturated rings. The van der Waals surface area contributed by atoms with E-state index >= 15 is 0 Å². The van der Waals surface area contributed by atoms with E-state index in [4.69, 9.17) is 0 Å². The predicted molar refractivity (Wildman–Crippen MR) is 98.3 cm³/mol. The summed E-state index contributed by atoms with van der Waals surface area (Å²) in [4.78, 5) is 23.9. The zero-order chi connectivity index (χ0) is 17.5. The monoisotopic (exact) mass is 388 g/mol. The minimum Gasteiger partial charge on any atom is -0.349 e. The van der Waals surface area contributed by atoms with Crippen molar-refractivity contribution in [3.8, 4) is 0 Å². The Labute approximate surface area is 150 Å². The Morgan fingerprint density at radius 3 is 2.25 bits per heavy atom. The largest absolute Gasteiger partial charge is 0.349 e. The van der Waals surface area contributed by atoms with Crippen LogP contribution in [0.25, 0.3) is 0 Å². The van der Waals surface area contributed by atoms with Gasteiger partial charge in [-0.3, -0.25) is 9.59 Å². The summed E-state index contributed by atoms with van der Waals surface area (Å²) in [6.45, 7) is 3.39. The van der Waals surface area contributed by atoms with Gasteiger partial charge < -0.3 is 10.6 Å². The van der Waals surface area contributed by atoms with Gasteiger partial charge in [-0.15, -0.1) is 0 Å². The van der Waals surface area contributed by atoms with Crippen molar-refractivity contribution in [1.29, 1.82) is 0 Å². The van der Waals surface area contributed by atoms with E-state index in [0.29, 0.717) is 0 Å². The highest BCUT2D eigenvalue weighted by Crippen LogP contribution is 2.23. The van der Waals surface area contributed by atoms with E-state index < -0.39 is 0 Å². The minimum absolute atomic E-state index is 0.110. The third kappa shape index (κ3) is 5.20. The first-order chi connectivity index (χ1) is 11.5. The van der Waals surface area contributed by atoms with E-state index in [-0.39, 0.29) is 30.3 Å². The van der Waals surface area contributed by atoms with Crippen LogP contribution in [0.5, 0.6) is 0 Å². The third-order valence-corrected chi connectivity index (χ3v) is 4.44. The van der Waals surface area contributed by atoms with Crippen LogP contribution in [0.15, 0.2) is 59.1 Å². The van der Waals surface area contributed by atoms with Gasteiger partial charge in [0.2, 0.25) is 11.8 Å². The highest BCUT2D eigenvalue weighted by atomic mass is 79.9. The van der Waals surface area contributed by atoms with Gasteiger partial charge in [-0.05, 0) is 24.1 Å². The van der Waals surface area contributed by atoms with Crippen LogP contribution in [-0.4, -0.2) is 11.8 Å². The van der Waals surface area contributed by atoms with Gasteiger partial charge in [0.1, 0.15) is 0 Å². The first kappa shape index (κ1) is 18.2. The summed E-state index contributed by atoms with van der Waals surface area (Å²) in [7, 11) is 0. The molecular weight excluding hydrogens is 368 g/mol. The van der Waals surface area contributed by atoms with E-state index in [1.165, 1.54) is 6.92 Å². The minimum atomic E-state index is -0.338. The molecule has 0 aliphatic rings. The summed E-state index contributed by atoms with van der Waals surface area (Å²) in [5.41, 5.74) is 1.93. The predicted octanol–water partition coefficient (Wildman–Crippen LogP) is 3.89. The normalized spacial score (nSPS) is 13.0. The van der Waals surface area contributed by atoms with Gasteiger partial charge in [-0.25, -0.2) is 0 Å². The smallest absolute Gasteiger partial charge is 0.222 e. The number of hydrogen-bond acceptors (Lipinski definition) is 2. The van der Waals surface area contributed by atoms with Crippen LogP contribution < -0.4 is 10.6 Å². The maximum atomic E-state index is 12.4. The van der Waals surface area contributed by atoms with Crippen molar-refractivity contribution in [2.24, 2.45) is 0 Å². The van der Waals surface area contributed by atoms with Crippen molar-refractivity contribution in [2.45, 2.75) is 32.4 Å². The van der Waals surface area contributed by atoms with Crippen molar-refractivity contribution in [3.05, 3.63) is 70.2 Å². The molecule has 2 N–H and O–H groups in total. The number of benzene rings is 2. The van der Waals surface area contributed by atoms with Crippen LogP contribution in [0.1, 0.15) is 43.5 Å². The van der Waals surface area contributed by atoms with Crippen LogP contribution >= 0.6 is 15.9 Å². The van der Waals surface area contributed by atoms with Crippen molar-refractivity contribution in [3.63, 3.8) is 0 Å². The number of halogens is 1. The van der Waals surface area contributed by atoms with Gasteiger partial charge in [0.25, 0.3) is 0 Å². The van der Waals surface area contributed by atoms with Crippen LogP contribution in [0, 0.1) is 0 Å². The fourth-order valence-corrected chi connectivity index (χ4v) is 3.20. The number of hydrogen-bond donors (Lipinski definition) is 2. The zero-order valence-corrected chi connectivity index (χ0v) is 15.3. The summed E-state index contributed by atoms with van der Waals surface area (Å²) in [5, 5.41) is 5.83. The molecule has 24 heavy (non-hydrogen) atoms.